The van der Waals surface area contributed by atoms with Gasteiger partial charge in [0, 0.05) is 17.8 Å². The van der Waals surface area contributed by atoms with E-state index in [1.165, 1.54) is 7.11 Å². The van der Waals surface area contributed by atoms with E-state index < -0.39 is 17.6 Å². The van der Waals surface area contributed by atoms with E-state index in [0.29, 0.717) is 19.3 Å². The molecular formula is C24H38O6. The highest BCUT2D eigenvalue weighted by Gasteiger charge is 2.66. The van der Waals surface area contributed by atoms with Gasteiger partial charge in [0.05, 0.1) is 31.8 Å². The molecule has 6 heteroatoms. The molecule has 6 nitrogen and oxygen atoms in total. The van der Waals surface area contributed by atoms with Gasteiger partial charge in [-0.05, 0) is 74.0 Å². The highest BCUT2D eigenvalue weighted by atomic mass is 16.5. The summed E-state index contributed by atoms with van der Waals surface area (Å²) in [5.41, 5.74) is -0.523. The largest absolute Gasteiger partial charge is 0.469 e. The van der Waals surface area contributed by atoms with Crippen LogP contribution >= 0.6 is 0 Å². The molecule has 0 saturated heterocycles. The summed E-state index contributed by atoms with van der Waals surface area (Å²) in [7, 11) is 1.33. The van der Waals surface area contributed by atoms with E-state index in [2.05, 4.69) is 11.7 Å². The van der Waals surface area contributed by atoms with Crippen molar-refractivity contribution >= 4 is 11.8 Å². The third kappa shape index (κ3) is 3.25. The lowest BCUT2D eigenvalue weighted by atomic mass is 9.43. The summed E-state index contributed by atoms with van der Waals surface area (Å²) in [5.74, 6) is 0.0931. The van der Waals surface area contributed by atoms with Crippen molar-refractivity contribution in [3.05, 3.63) is 0 Å². The number of aliphatic hydroxyl groups is 3. The quantitative estimate of drug-likeness (QED) is 0.601. The van der Waals surface area contributed by atoms with Crippen molar-refractivity contribution in [1.82, 2.24) is 0 Å². The molecule has 4 aliphatic carbocycles. The fourth-order valence-electron chi connectivity index (χ4n) is 8.20. The fraction of sp³-hybridized carbons (Fsp3) is 0.917. The molecule has 10 atom stereocenters. The van der Waals surface area contributed by atoms with Gasteiger partial charge in [0.25, 0.3) is 0 Å². The number of ketones is 1. The molecule has 0 aromatic heterocycles. The maximum atomic E-state index is 13.0. The second kappa shape index (κ2) is 7.86. The lowest BCUT2D eigenvalue weighted by Gasteiger charge is -2.63. The molecule has 3 N–H and O–H groups in total. The smallest absolute Gasteiger partial charge is 0.305 e. The zero-order valence-electron chi connectivity index (χ0n) is 18.5. The SMILES string of the molecule is COC(=O)CCC(=O)[C@H]1CC[C@H]2[C@@H]3[C@@H](O)C[C@@H]4C[C@@H](O)CC[C@]4(C)[C@H]3C[C@@H](O)[C@]12C. The minimum absolute atomic E-state index is 0.0262. The second-order valence-corrected chi connectivity index (χ2v) is 11.0. The summed E-state index contributed by atoms with van der Waals surface area (Å²) in [6.07, 6.45) is 4.25. The van der Waals surface area contributed by atoms with Crippen molar-refractivity contribution < 1.29 is 29.6 Å². The number of carbonyl (C=O) groups is 2. The molecule has 4 rings (SSSR count). The van der Waals surface area contributed by atoms with Gasteiger partial charge < -0.3 is 20.1 Å². The van der Waals surface area contributed by atoms with Crippen LogP contribution in [0.25, 0.3) is 0 Å². The number of fused-ring (bicyclic) bond motifs is 5. The Kier molecular flexibility index (Phi) is 5.82. The minimum Gasteiger partial charge on any atom is -0.469 e. The first-order valence-corrected chi connectivity index (χ1v) is 11.8. The number of esters is 1. The Bertz CT molecular complexity index is 693. The van der Waals surface area contributed by atoms with Crippen LogP contribution in [0, 0.1) is 40.4 Å². The number of aliphatic hydroxyl groups excluding tert-OH is 3. The van der Waals surface area contributed by atoms with Gasteiger partial charge in [-0.1, -0.05) is 13.8 Å². The Morgan fingerprint density at radius 2 is 1.70 bits per heavy atom. The van der Waals surface area contributed by atoms with E-state index >= 15 is 0 Å². The summed E-state index contributed by atoms with van der Waals surface area (Å²) >= 11 is 0. The van der Waals surface area contributed by atoms with Crippen molar-refractivity contribution in [2.24, 2.45) is 40.4 Å². The van der Waals surface area contributed by atoms with E-state index in [0.717, 1.165) is 25.7 Å². The van der Waals surface area contributed by atoms with Crippen molar-refractivity contribution in [1.29, 1.82) is 0 Å². The monoisotopic (exact) mass is 422 g/mol. The van der Waals surface area contributed by atoms with E-state index in [4.69, 9.17) is 0 Å². The van der Waals surface area contributed by atoms with Gasteiger partial charge in [0.15, 0.2) is 0 Å². The summed E-state index contributed by atoms with van der Waals surface area (Å²) in [5, 5.41) is 32.8. The van der Waals surface area contributed by atoms with Crippen LogP contribution in [0.2, 0.25) is 0 Å². The molecule has 0 aliphatic heterocycles. The number of hydrogen-bond donors (Lipinski definition) is 3. The number of methoxy groups -OCH3 is 1. The third-order valence-electron chi connectivity index (χ3n) is 9.96. The number of Topliss-reactive ketones (excluding diaryl/α,β-unsaturated/α-hetero) is 1. The van der Waals surface area contributed by atoms with Gasteiger partial charge in [0.2, 0.25) is 0 Å². The van der Waals surface area contributed by atoms with E-state index in [1.54, 1.807) is 0 Å². The number of rotatable bonds is 4. The van der Waals surface area contributed by atoms with Crippen LogP contribution in [0.4, 0.5) is 0 Å². The van der Waals surface area contributed by atoms with Gasteiger partial charge in [0.1, 0.15) is 5.78 Å². The molecule has 4 saturated carbocycles. The number of ether oxygens (including phenoxy) is 1. The van der Waals surface area contributed by atoms with E-state index in [1.807, 2.05) is 6.92 Å². The first-order chi connectivity index (χ1) is 14.1. The zero-order chi connectivity index (χ0) is 21.8. The predicted octanol–water partition coefficient (Wildman–Crippen LogP) is 2.47. The molecule has 0 heterocycles. The van der Waals surface area contributed by atoms with Crippen LogP contribution in [0.5, 0.6) is 0 Å². The van der Waals surface area contributed by atoms with Gasteiger partial charge in [-0.2, -0.15) is 0 Å². The van der Waals surface area contributed by atoms with Gasteiger partial charge in [-0.15, -0.1) is 0 Å². The third-order valence-corrected chi connectivity index (χ3v) is 9.96. The van der Waals surface area contributed by atoms with Crippen LogP contribution in [0.3, 0.4) is 0 Å². The van der Waals surface area contributed by atoms with Crippen molar-refractivity contribution in [2.45, 2.75) is 89.9 Å². The fourth-order valence-corrected chi connectivity index (χ4v) is 8.20. The highest BCUT2D eigenvalue weighted by Crippen LogP contribution is 2.67. The molecule has 170 valence electrons. The number of hydrogen-bond acceptors (Lipinski definition) is 6. The Morgan fingerprint density at radius 3 is 2.40 bits per heavy atom. The molecule has 4 fully saturated rings. The van der Waals surface area contributed by atoms with Crippen LogP contribution in [-0.4, -0.2) is 52.5 Å². The molecule has 0 amide bonds. The Labute approximate surface area is 179 Å². The molecule has 0 radical (unpaired) electrons. The number of carbonyl (C=O) groups excluding carboxylic acids is 2. The molecular weight excluding hydrogens is 384 g/mol. The maximum absolute atomic E-state index is 13.0. The highest BCUT2D eigenvalue weighted by molar-refractivity contribution is 5.85. The van der Waals surface area contributed by atoms with Gasteiger partial charge >= 0.3 is 5.97 Å². The first kappa shape index (κ1) is 22.2. The van der Waals surface area contributed by atoms with E-state index in [-0.39, 0.29) is 65.7 Å². The van der Waals surface area contributed by atoms with E-state index in [9.17, 15) is 24.9 Å². The molecule has 4 aliphatic rings. The average molecular weight is 423 g/mol. The van der Waals surface area contributed by atoms with Crippen molar-refractivity contribution in [3.63, 3.8) is 0 Å². The summed E-state index contributed by atoms with van der Waals surface area (Å²) in [6, 6.07) is 0. The van der Waals surface area contributed by atoms with Crippen molar-refractivity contribution in [3.8, 4) is 0 Å². The minimum atomic E-state index is -0.590. The summed E-state index contributed by atoms with van der Waals surface area (Å²) in [4.78, 5) is 24.5. The van der Waals surface area contributed by atoms with Crippen LogP contribution in [0.15, 0.2) is 0 Å². The first-order valence-electron chi connectivity index (χ1n) is 11.8. The molecule has 0 aromatic carbocycles. The Balaban J connectivity index is 1.59. The second-order valence-electron chi connectivity index (χ2n) is 11.0. The van der Waals surface area contributed by atoms with Gasteiger partial charge in [-0.25, -0.2) is 0 Å². The average Bonchev–Trinajstić information content (AvgIpc) is 3.06. The molecule has 0 spiro atoms. The Morgan fingerprint density at radius 1 is 0.967 bits per heavy atom. The lowest BCUT2D eigenvalue weighted by molar-refractivity contribution is -0.204. The van der Waals surface area contributed by atoms with Crippen molar-refractivity contribution in [2.75, 3.05) is 7.11 Å². The molecule has 30 heavy (non-hydrogen) atoms. The predicted molar refractivity (Wildman–Crippen MR) is 110 cm³/mol. The topological polar surface area (TPSA) is 104 Å². The van der Waals surface area contributed by atoms with Crippen LogP contribution < -0.4 is 0 Å². The summed E-state index contributed by atoms with van der Waals surface area (Å²) < 4.78 is 4.68. The van der Waals surface area contributed by atoms with Crippen LogP contribution in [-0.2, 0) is 14.3 Å². The summed E-state index contributed by atoms with van der Waals surface area (Å²) in [6.45, 7) is 4.34. The molecule has 0 bridgehead atoms. The van der Waals surface area contributed by atoms with Crippen LogP contribution in [0.1, 0.15) is 71.6 Å². The Hall–Kier alpha value is -0.980. The molecule has 0 aromatic rings. The van der Waals surface area contributed by atoms with Gasteiger partial charge in [-0.3, -0.25) is 9.59 Å². The maximum Gasteiger partial charge on any atom is 0.305 e. The lowest BCUT2D eigenvalue weighted by Crippen LogP contribution is -2.62. The standard InChI is InChI=1S/C24H38O6/c1-23-9-8-14(25)10-13(23)11-19(27)22-16-5-4-15(18(26)6-7-21(29)30-3)24(16,2)20(28)12-17(22)23/h13-17,19-20,22,25,27-28H,4-12H2,1-3H3/t13-,14-,15+,16-,17-,19-,20+,22-,23-,24+/m0/s1. The zero-order valence-corrected chi connectivity index (χ0v) is 18.5. The normalized spacial score (nSPS) is 50.2. The molecule has 0 unspecified atom stereocenters.